The number of nitrogens with zero attached hydrogens (tertiary/aromatic N) is 2. The topological polar surface area (TPSA) is 242 Å². The number of carboxylic acids is 4. The van der Waals surface area contributed by atoms with Gasteiger partial charge in [-0.05, 0) is 0 Å². The predicted octanol–water partition coefficient (Wildman–Crippen LogP) is -13.5. The average Bonchev–Trinajstić information content (AvgIpc) is 2.48. The van der Waals surface area contributed by atoms with Gasteiger partial charge in [0.1, 0.15) is 12.5 Å². The molecule has 0 aliphatic carbocycles. The van der Waals surface area contributed by atoms with Crippen LogP contribution in [0, 0.1) is 0 Å². The van der Waals surface area contributed by atoms with Crippen molar-refractivity contribution in [2.24, 2.45) is 0 Å². The molecule has 14 nitrogen and oxygen atoms in total. The van der Waals surface area contributed by atoms with Crippen LogP contribution in [0.2, 0.25) is 0 Å². The second kappa shape index (κ2) is 13.8. The van der Waals surface area contributed by atoms with Gasteiger partial charge in [-0.15, -0.1) is 0 Å². The van der Waals surface area contributed by atoms with E-state index in [9.17, 15) is 49.8 Å². The third-order valence-electron chi connectivity index (χ3n) is 2.74. The summed E-state index contributed by atoms with van der Waals surface area (Å²) < 4.78 is 0. The van der Waals surface area contributed by atoms with Crippen molar-refractivity contribution in [3.8, 4) is 0 Å². The molecule has 0 spiro atoms. The van der Waals surface area contributed by atoms with E-state index in [2.05, 4.69) is 0 Å². The normalized spacial score (nSPS) is 15.2. The first-order valence-corrected chi connectivity index (χ1v) is 6.02. The summed E-state index contributed by atoms with van der Waals surface area (Å²) >= 11 is 0. The van der Waals surface area contributed by atoms with Crippen LogP contribution >= 0.6 is 0 Å². The number of aliphatic hydroxyl groups is 4. The minimum absolute atomic E-state index is 0. The van der Waals surface area contributed by atoms with E-state index < -0.39 is 61.9 Å². The number of carbonyl (C=O) groups is 4. The monoisotopic (exact) mass is 400 g/mol. The van der Waals surface area contributed by atoms with Gasteiger partial charge in [-0.25, -0.2) is 19.4 Å². The second-order valence-corrected chi connectivity index (χ2v) is 4.28. The van der Waals surface area contributed by atoms with Crippen molar-refractivity contribution in [2.75, 3.05) is 13.1 Å². The Labute approximate surface area is 189 Å². The molecule has 0 aromatic heterocycles. The average molecular weight is 400 g/mol. The molecule has 0 radical (unpaired) electrons. The van der Waals surface area contributed by atoms with E-state index in [1.807, 2.05) is 0 Å². The van der Waals surface area contributed by atoms with Crippen molar-refractivity contribution < 1.29 is 119 Å². The summed E-state index contributed by atoms with van der Waals surface area (Å²) in [5, 5.41) is 75.5. The molecule has 0 saturated carbocycles. The number of carboxylic acid groups (broad SMARTS) is 4. The zero-order valence-electron chi connectivity index (χ0n) is 13.8. The van der Waals surface area contributed by atoms with E-state index in [4.69, 9.17) is 10.2 Å². The van der Waals surface area contributed by atoms with E-state index in [1.165, 1.54) is 0 Å². The van der Waals surface area contributed by atoms with Crippen LogP contribution in [-0.2, 0) is 19.2 Å². The molecule has 138 valence electrons. The molecular formula is C10H14N2Na2O12. The number of hydrogen-bond acceptors (Lipinski definition) is 12. The summed E-state index contributed by atoms with van der Waals surface area (Å²) in [6, 6.07) is 0. The molecular weight excluding hydrogens is 386 g/mol. The summed E-state index contributed by atoms with van der Waals surface area (Å²) in [4.78, 5) is 42.4. The molecule has 0 aromatic rings. The fourth-order valence-electron chi connectivity index (χ4n) is 1.54. The minimum atomic E-state index is -2.69. The number of carbonyl (C=O) groups excluding carboxylic acids is 2. The Kier molecular flexibility index (Phi) is 16.1. The van der Waals surface area contributed by atoms with Gasteiger partial charge in [-0.3, -0.25) is 0 Å². The molecule has 0 aliphatic heterocycles. The zero-order chi connectivity index (χ0) is 19.2. The first-order chi connectivity index (χ1) is 10.9. The smallest absolute Gasteiger partial charge is 0.546 e. The molecule has 0 fully saturated rings. The molecule has 16 heteroatoms. The maximum absolute atomic E-state index is 10.7. The number of aliphatic carboxylic acids is 4. The van der Waals surface area contributed by atoms with Gasteiger partial charge < -0.3 is 50.4 Å². The van der Waals surface area contributed by atoms with Gasteiger partial charge in [0.15, 0.2) is 0 Å². The molecule has 0 aromatic carbocycles. The molecule has 0 heterocycles. The second-order valence-electron chi connectivity index (χ2n) is 4.28. The Morgan fingerprint density at radius 1 is 0.654 bits per heavy atom. The van der Waals surface area contributed by atoms with E-state index in [-0.39, 0.29) is 68.9 Å². The van der Waals surface area contributed by atoms with Crippen LogP contribution in [0.25, 0.3) is 0 Å². The zero-order valence-corrected chi connectivity index (χ0v) is 17.8. The summed E-state index contributed by atoms with van der Waals surface area (Å²) in [6.07, 6.45) is -10.5. The van der Waals surface area contributed by atoms with Crippen molar-refractivity contribution in [1.29, 1.82) is 0 Å². The van der Waals surface area contributed by atoms with Crippen LogP contribution in [0.4, 0.5) is 0 Å². The summed E-state index contributed by atoms with van der Waals surface area (Å²) in [5.74, 6) is -8.44. The Morgan fingerprint density at radius 2 is 0.885 bits per heavy atom. The van der Waals surface area contributed by atoms with Crippen molar-refractivity contribution in [2.45, 2.75) is 24.9 Å². The molecule has 0 rings (SSSR count). The van der Waals surface area contributed by atoms with Crippen molar-refractivity contribution >= 4 is 23.9 Å². The van der Waals surface area contributed by atoms with Gasteiger partial charge in [0, 0.05) is 13.1 Å². The fraction of sp³-hybridized carbons (Fsp3) is 0.600. The van der Waals surface area contributed by atoms with Gasteiger partial charge in [-0.1, -0.05) is 0 Å². The van der Waals surface area contributed by atoms with Crippen LogP contribution < -0.4 is 69.3 Å². The van der Waals surface area contributed by atoms with Crippen molar-refractivity contribution in [3.63, 3.8) is 0 Å². The molecule has 6 N–H and O–H groups in total. The molecule has 4 unspecified atom stereocenters. The first-order valence-electron chi connectivity index (χ1n) is 6.02. The van der Waals surface area contributed by atoms with Gasteiger partial charge in [0.2, 0.25) is 12.5 Å². The molecule has 0 bridgehead atoms. The number of rotatable bonds is 11. The molecule has 0 aliphatic rings. The minimum Gasteiger partial charge on any atom is -0.546 e. The fourth-order valence-corrected chi connectivity index (χ4v) is 1.54. The summed E-state index contributed by atoms with van der Waals surface area (Å²) in [7, 11) is 0. The van der Waals surface area contributed by atoms with E-state index in [1.54, 1.807) is 0 Å². The van der Waals surface area contributed by atoms with Gasteiger partial charge >= 0.3 is 71.1 Å². The largest absolute Gasteiger partial charge is 1.00 e. The Balaban J connectivity index is -0.00000264. The van der Waals surface area contributed by atoms with Crippen LogP contribution in [0.5, 0.6) is 0 Å². The Bertz CT molecular complexity index is 422. The number of aliphatic hydroxyl groups excluding tert-OH is 4. The number of hydrogen-bond donors (Lipinski definition) is 6. The third-order valence-corrected chi connectivity index (χ3v) is 2.74. The Morgan fingerprint density at radius 3 is 1.08 bits per heavy atom. The van der Waals surface area contributed by atoms with Crippen molar-refractivity contribution in [3.05, 3.63) is 0 Å². The summed E-state index contributed by atoms with van der Waals surface area (Å²) in [6.45, 7) is -2.01. The van der Waals surface area contributed by atoms with Crippen LogP contribution in [0.3, 0.4) is 0 Å². The van der Waals surface area contributed by atoms with E-state index in [0.29, 0.717) is 0 Å². The standard InChI is InChI=1S/C10H16N2O12.2Na/c13-3(7(17)18)11(4(14)8(19)20)1-2-12(5(15)9(21)22)6(16)10(23)24;;/h3-6,13-16H,1-2H2,(H,17,18)(H,19,20)(H,21,22)(H,23,24);;/q;2*+1/p-2. The van der Waals surface area contributed by atoms with Crippen LogP contribution in [-0.4, -0.2) is 102 Å². The van der Waals surface area contributed by atoms with Gasteiger partial charge in [0.25, 0.3) is 0 Å². The summed E-state index contributed by atoms with van der Waals surface area (Å²) in [5.41, 5.74) is 0. The quantitative estimate of drug-likeness (QED) is 0.139. The first kappa shape index (κ1) is 30.4. The maximum Gasteiger partial charge on any atom is 1.00 e. The van der Waals surface area contributed by atoms with Crippen LogP contribution in [0.15, 0.2) is 0 Å². The predicted molar refractivity (Wildman–Crippen MR) is 62.7 cm³/mol. The maximum atomic E-state index is 10.7. The molecule has 0 amide bonds. The Hall–Kier alpha value is -0.360. The van der Waals surface area contributed by atoms with E-state index in [0.717, 1.165) is 0 Å². The SMILES string of the molecule is O=C([O-])C(O)N(CCN(C(O)C(=O)O)C(O)C(=O)O)C(O)C(=O)[O-].[Na+].[Na+]. The van der Waals surface area contributed by atoms with Gasteiger partial charge in [0.05, 0.1) is 11.9 Å². The third kappa shape index (κ3) is 9.03. The molecule has 26 heavy (non-hydrogen) atoms. The van der Waals surface area contributed by atoms with Gasteiger partial charge in [-0.2, -0.15) is 0 Å². The van der Waals surface area contributed by atoms with Crippen LogP contribution in [0.1, 0.15) is 0 Å². The molecule has 4 atom stereocenters. The molecule has 0 saturated heterocycles. The van der Waals surface area contributed by atoms with E-state index >= 15 is 0 Å². The van der Waals surface area contributed by atoms with Crippen molar-refractivity contribution in [1.82, 2.24) is 9.80 Å².